The molecule has 6 heteroatoms. The second-order valence-electron chi connectivity index (χ2n) is 4.33. The van der Waals surface area contributed by atoms with Crippen LogP contribution in [0.4, 0.5) is 4.79 Å². The van der Waals surface area contributed by atoms with Gasteiger partial charge in [0, 0.05) is 8.47 Å². The van der Waals surface area contributed by atoms with Crippen LogP contribution in [0.2, 0.25) is 0 Å². The molecule has 0 spiro atoms. The molecule has 1 atom stereocenters. The molecule has 15 heavy (non-hydrogen) atoms. The number of nitrogens with one attached hydrogen (secondary N) is 1. The number of likely N-dealkylation sites (N-methyl/N-ethyl adjacent to an activating group) is 1. The molecular formula is C9H18N2O4. The molecule has 1 rings (SSSR count). The van der Waals surface area contributed by atoms with Gasteiger partial charge in [-0.3, -0.25) is 9.63 Å². The first-order valence-corrected chi connectivity index (χ1v) is 4.69. The second kappa shape index (κ2) is 4.06. The third kappa shape index (κ3) is 3.39. The minimum Gasteiger partial charge on any atom is -0.444 e. The number of hydroxylamine groups is 2. The van der Waals surface area contributed by atoms with Crippen LogP contribution in [0.1, 0.15) is 22.2 Å². The Morgan fingerprint density at radius 3 is 2.67 bits per heavy atom. The fraction of sp³-hybridized carbons (Fsp3) is 0.778. The topological polar surface area (TPSA) is 67.9 Å². The molecule has 1 N–H and O–H groups in total. The lowest BCUT2D eigenvalue weighted by atomic mass is 10.2. The molecule has 1 aliphatic heterocycles. The van der Waals surface area contributed by atoms with Gasteiger partial charge in [-0.15, -0.1) is 0 Å². The first-order chi connectivity index (χ1) is 6.79. The van der Waals surface area contributed by atoms with Gasteiger partial charge in [-0.05, 0) is 20.8 Å². The molecule has 0 bridgehead atoms. The van der Waals surface area contributed by atoms with E-state index in [-0.39, 0.29) is 13.9 Å². The average molecular weight is 218 g/mol. The third-order valence-electron chi connectivity index (χ3n) is 1.73. The molecule has 6 nitrogen and oxygen atoms in total. The number of rotatable bonds is 1. The molecule has 0 aliphatic carbocycles. The van der Waals surface area contributed by atoms with Crippen LogP contribution in [0.15, 0.2) is 0 Å². The second-order valence-corrected chi connectivity index (χ2v) is 4.33. The minimum atomic E-state index is -0.648. The standard InChI is InChI=1S/C9H16N2O4.H2/c1-9(2,3)15-8(13)10-6-5-14-11(4)7(6)12;/h6H,5H2,1-4H3,(H,10,13);1H/t6-;/m1./s1. The summed E-state index contributed by atoms with van der Waals surface area (Å²) in [5.41, 5.74) is -0.571. The zero-order valence-electron chi connectivity index (χ0n) is 9.36. The molecule has 2 amide bonds. The van der Waals surface area contributed by atoms with Crippen molar-refractivity contribution in [3.05, 3.63) is 0 Å². The van der Waals surface area contributed by atoms with Crippen molar-refractivity contribution in [1.29, 1.82) is 0 Å². The number of carbonyl (C=O) groups is 2. The van der Waals surface area contributed by atoms with Crippen molar-refractivity contribution in [2.75, 3.05) is 13.7 Å². The van der Waals surface area contributed by atoms with Crippen molar-refractivity contribution in [1.82, 2.24) is 10.4 Å². The molecule has 0 unspecified atom stereocenters. The zero-order chi connectivity index (χ0) is 11.6. The van der Waals surface area contributed by atoms with E-state index in [2.05, 4.69) is 5.32 Å². The first-order valence-electron chi connectivity index (χ1n) is 4.69. The van der Waals surface area contributed by atoms with Crippen LogP contribution in [0.3, 0.4) is 0 Å². The lowest BCUT2D eigenvalue weighted by molar-refractivity contribution is -0.154. The van der Waals surface area contributed by atoms with Crippen LogP contribution in [0.25, 0.3) is 0 Å². The third-order valence-corrected chi connectivity index (χ3v) is 1.73. The highest BCUT2D eigenvalue weighted by Crippen LogP contribution is 2.09. The molecule has 1 aliphatic rings. The highest BCUT2D eigenvalue weighted by atomic mass is 16.7. The number of carbonyl (C=O) groups excluding carboxylic acids is 2. The van der Waals surface area contributed by atoms with E-state index in [0.717, 1.165) is 5.06 Å². The number of amides is 2. The number of alkyl carbamates (subject to hydrolysis) is 1. The fourth-order valence-electron chi connectivity index (χ4n) is 1.09. The molecular weight excluding hydrogens is 200 g/mol. The van der Waals surface area contributed by atoms with Crippen molar-refractivity contribution in [3.8, 4) is 0 Å². The van der Waals surface area contributed by atoms with E-state index in [9.17, 15) is 9.59 Å². The van der Waals surface area contributed by atoms with Gasteiger partial charge in [0.1, 0.15) is 18.2 Å². The summed E-state index contributed by atoms with van der Waals surface area (Å²) >= 11 is 0. The van der Waals surface area contributed by atoms with Gasteiger partial charge in [0.25, 0.3) is 5.91 Å². The highest BCUT2D eigenvalue weighted by molar-refractivity contribution is 5.86. The predicted molar refractivity (Wildman–Crippen MR) is 54.0 cm³/mol. The lowest BCUT2D eigenvalue weighted by Gasteiger charge is -2.20. The number of ether oxygens (including phenoxy) is 1. The Bertz CT molecular complexity index is 277. The van der Waals surface area contributed by atoms with Crippen LogP contribution >= 0.6 is 0 Å². The number of hydrogen-bond acceptors (Lipinski definition) is 4. The number of nitrogens with zero attached hydrogens (tertiary/aromatic N) is 1. The summed E-state index contributed by atoms with van der Waals surface area (Å²) < 4.78 is 5.01. The summed E-state index contributed by atoms with van der Waals surface area (Å²) in [6, 6.07) is -0.648. The summed E-state index contributed by atoms with van der Waals surface area (Å²) in [5.74, 6) is -0.277. The lowest BCUT2D eigenvalue weighted by Crippen LogP contribution is -2.44. The largest absolute Gasteiger partial charge is 0.444 e. The average Bonchev–Trinajstić information content (AvgIpc) is 2.32. The van der Waals surface area contributed by atoms with E-state index < -0.39 is 17.7 Å². The SMILES string of the molecule is CN1OC[C@@H](NC(=O)OC(C)(C)C)C1=O.[HH]. The molecule has 1 heterocycles. The van der Waals surface area contributed by atoms with Crippen molar-refractivity contribution in [2.24, 2.45) is 0 Å². The number of hydrogen-bond donors (Lipinski definition) is 1. The van der Waals surface area contributed by atoms with Gasteiger partial charge in [0.15, 0.2) is 0 Å². The molecule has 0 aromatic carbocycles. The van der Waals surface area contributed by atoms with E-state index in [4.69, 9.17) is 9.57 Å². The Morgan fingerprint density at radius 2 is 2.27 bits per heavy atom. The van der Waals surface area contributed by atoms with Gasteiger partial charge >= 0.3 is 6.09 Å². The normalized spacial score (nSPS) is 21.7. The van der Waals surface area contributed by atoms with Gasteiger partial charge in [0.05, 0.1) is 0 Å². The highest BCUT2D eigenvalue weighted by Gasteiger charge is 2.33. The van der Waals surface area contributed by atoms with Crippen LogP contribution < -0.4 is 5.32 Å². The summed E-state index contributed by atoms with van der Waals surface area (Å²) in [5, 5.41) is 3.54. The minimum absolute atomic E-state index is 0. The summed E-state index contributed by atoms with van der Waals surface area (Å²) in [7, 11) is 1.50. The van der Waals surface area contributed by atoms with Crippen LogP contribution in [-0.2, 0) is 14.4 Å². The molecule has 88 valence electrons. The van der Waals surface area contributed by atoms with Crippen LogP contribution in [0.5, 0.6) is 0 Å². The Morgan fingerprint density at radius 1 is 1.67 bits per heavy atom. The maximum absolute atomic E-state index is 11.3. The first kappa shape index (κ1) is 11.8. The fourth-order valence-corrected chi connectivity index (χ4v) is 1.09. The summed E-state index contributed by atoms with van der Waals surface area (Å²) in [6.45, 7) is 5.41. The van der Waals surface area contributed by atoms with Gasteiger partial charge in [-0.2, -0.15) is 0 Å². The van der Waals surface area contributed by atoms with Crippen molar-refractivity contribution in [2.45, 2.75) is 32.4 Å². The molecule has 0 aromatic rings. The van der Waals surface area contributed by atoms with E-state index in [1.165, 1.54) is 7.05 Å². The molecule has 0 aromatic heterocycles. The molecule has 0 radical (unpaired) electrons. The summed E-state index contributed by atoms with van der Waals surface area (Å²) in [4.78, 5) is 27.6. The van der Waals surface area contributed by atoms with Gasteiger partial charge in [-0.25, -0.2) is 9.86 Å². The Labute approximate surface area is 90.0 Å². The van der Waals surface area contributed by atoms with Gasteiger partial charge in [0.2, 0.25) is 0 Å². The molecule has 0 saturated carbocycles. The molecule has 1 saturated heterocycles. The Hall–Kier alpha value is -1.30. The zero-order valence-corrected chi connectivity index (χ0v) is 9.36. The molecule has 1 fully saturated rings. The van der Waals surface area contributed by atoms with Crippen LogP contribution in [-0.4, -0.2) is 42.4 Å². The monoisotopic (exact) mass is 218 g/mol. The predicted octanol–water partition coefficient (Wildman–Crippen LogP) is 0.529. The van der Waals surface area contributed by atoms with Gasteiger partial charge < -0.3 is 10.1 Å². The van der Waals surface area contributed by atoms with Gasteiger partial charge in [-0.1, -0.05) is 0 Å². The van der Waals surface area contributed by atoms with Crippen molar-refractivity contribution >= 4 is 12.0 Å². The van der Waals surface area contributed by atoms with Crippen molar-refractivity contribution in [3.63, 3.8) is 0 Å². The maximum Gasteiger partial charge on any atom is 0.408 e. The quantitative estimate of drug-likeness (QED) is 0.697. The van der Waals surface area contributed by atoms with Crippen molar-refractivity contribution < 1.29 is 20.6 Å². The van der Waals surface area contributed by atoms with E-state index in [1.54, 1.807) is 20.8 Å². The van der Waals surface area contributed by atoms with Crippen LogP contribution in [0, 0.1) is 0 Å². The Kier molecular flexibility index (Phi) is 3.18. The smallest absolute Gasteiger partial charge is 0.408 e. The van der Waals surface area contributed by atoms with E-state index >= 15 is 0 Å². The Balaban J connectivity index is 0.00000225. The summed E-state index contributed by atoms with van der Waals surface area (Å²) in [6.07, 6.45) is -0.611. The van der Waals surface area contributed by atoms with E-state index in [0.29, 0.717) is 0 Å². The maximum atomic E-state index is 11.3. The van der Waals surface area contributed by atoms with E-state index in [1.807, 2.05) is 0 Å².